The van der Waals surface area contributed by atoms with Gasteiger partial charge in [0, 0.05) is 36.5 Å². The second-order valence-corrected chi connectivity index (χ2v) is 8.32. The summed E-state index contributed by atoms with van der Waals surface area (Å²) in [6, 6.07) is 5.82. The van der Waals surface area contributed by atoms with Crippen LogP contribution in [0.2, 0.25) is 0 Å². The third-order valence-corrected chi connectivity index (χ3v) is 6.10. The minimum atomic E-state index is -0.286. The molecule has 0 radical (unpaired) electrons. The Bertz CT molecular complexity index is 966. The summed E-state index contributed by atoms with van der Waals surface area (Å²) in [5.41, 5.74) is 4.09. The van der Waals surface area contributed by atoms with Gasteiger partial charge in [0.25, 0.3) is 5.91 Å². The molecule has 2 amide bonds. The number of carbonyl (C=O) groups is 2. The van der Waals surface area contributed by atoms with Gasteiger partial charge >= 0.3 is 6.09 Å². The number of anilines is 1. The lowest BCUT2D eigenvalue weighted by atomic mass is 10.0. The number of benzene rings is 1. The average molecular weight is 443 g/mol. The Balaban J connectivity index is 0.00000231. The highest BCUT2D eigenvalue weighted by Crippen LogP contribution is 2.34. The number of nitrogens with zero attached hydrogens (tertiary/aromatic N) is 3. The van der Waals surface area contributed by atoms with Crippen LogP contribution in [0.1, 0.15) is 30.4 Å². The number of halogens is 1. The van der Waals surface area contributed by atoms with E-state index in [2.05, 4.69) is 21.3 Å². The smallest absolute Gasteiger partial charge is 0.410 e. The maximum Gasteiger partial charge on any atom is 0.410 e. The second-order valence-electron chi connectivity index (χ2n) is 8.32. The number of likely N-dealkylation sites (tertiary alicyclic amines) is 1. The van der Waals surface area contributed by atoms with Crippen molar-refractivity contribution < 1.29 is 14.3 Å². The maximum absolute atomic E-state index is 12.6. The molecular formula is C23H27ClN4O3. The number of carbonyl (C=O) groups excluding carboxylic acids is 2. The summed E-state index contributed by atoms with van der Waals surface area (Å²) in [5.74, 6) is 0.185. The fourth-order valence-corrected chi connectivity index (χ4v) is 4.53. The zero-order valence-electron chi connectivity index (χ0n) is 17.4. The quantitative estimate of drug-likeness (QED) is 0.708. The van der Waals surface area contributed by atoms with Crippen molar-refractivity contribution >= 4 is 41.9 Å². The van der Waals surface area contributed by atoms with E-state index in [1.54, 1.807) is 4.90 Å². The van der Waals surface area contributed by atoms with Gasteiger partial charge in [-0.2, -0.15) is 0 Å². The van der Waals surface area contributed by atoms with Crippen LogP contribution in [-0.2, 0) is 16.1 Å². The van der Waals surface area contributed by atoms with Crippen LogP contribution < -0.4 is 5.32 Å². The molecule has 5 rings (SSSR count). The lowest BCUT2D eigenvalue weighted by Crippen LogP contribution is -2.33. The lowest BCUT2D eigenvalue weighted by Gasteiger charge is -2.27. The van der Waals surface area contributed by atoms with Gasteiger partial charge in [-0.3, -0.25) is 9.79 Å². The minimum Gasteiger partial charge on any atom is -0.448 e. The number of amides is 2. The van der Waals surface area contributed by atoms with Gasteiger partial charge in [0.1, 0.15) is 6.61 Å². The highest BCUT2D eigenvalue weighted by Gasteiger charge is 2.27. The van der Waals surface area contributed by atoms with Crippen LogP contribution in [0.3, 0.4) is 0 Å². The highest BCUT2D eigenvalue weighted by molar-refractivity contribution is 6.32. The number of fused-ring (bicyclic) bond motifs is 1. The topological polar surface area (TPSA) is 74.2 Å². The van der Waals surface area contributed by atoms with E-state index in [0.29, 0.717) is 31.2 Å². The predicted molar refractivity (Wildman–Crippen MR) is 122 cm³/mol. The first-order chi connectivity index (χ1) is 14.7. The molecule has 0 bridgehead atoms. The molecule has 4 aliphatic rings. The Morgan fingerprint density at radius 2 is 2.00 bits per heavy atom. The molecule has 1 unspecified atom stereocenters. The summed E-state index contributed by atoms with van der Waals surface area (Å²) in [6.07, 6.45) is 9.62. The Kier molecular flexibility index (Phi) is 6.43. The number of cyclic esters (lactones) is 1. The third-order valence-electron chi connectivity index (χ3n) is 6.10. The van der Waals surface area contributed by atoms with Gasteiger partial charge in [-0.05, 0) is 55.8 Å². The molecule has 1 N–H and O–H groups in total. The molecule has 1 aromatic rings. The van der Waals surface area contributed by atoms with E-state index < -0.39 is 0 Å². The van der Waals surface area contributed by atoms with Gasteiger partial charge in [0.15, 0.2) is 0 Å². The normalized spacial score (nSPS) is 24.1. The summed E-state index contributed by atoms with van der Waals surface area (Å²) in [6.45, 7) is 4.83. The summed E-state index contributed by atoms with van der Waals surface area (Å²) in [4.78, 5) is 33.0. The Morgan fingerprint density at radius 3 is 2.77 bits per heavy atom. The van der Waals surface area contributed by atoms with Gasteiger partial charge < -0.3 is 19.9 Å². The van der Waals surface area contributed by atoms with Crippen LogP contribution in [0.15, 0.2) is 41.0 Å². The van der Waals surface area contributed by atoms with Crippen molar-refractivity contribution in [2.75, 3.05) is 38.1 Å². The van der Waals surface area contributed by atoms with E-state index in [9.17, 15) is 9.59 Å². The Labute approximate surface area is 188 Å². The van der Waals surface area contributed by atoms with Gasteiger partial charge in [0.05, 0.1) is 17.8 Å². The first kappa shape index (κ1) is 21.6. The molecular weight excluding hydrogens is 416 g/mol. The summed E-state index contributed by atoms with van der Waals surface area (Å²) in [5, 5.41) is 2.93. The van der Waals surface area contributed by atoms with Crippen LogP contribution >= 0.6 is 12.4 Å². The number of nitrogens with one attached hydrogen (secondary N) is 1. The van der Waals surface area contributed by atoms with Crippen molar-refractivity contribution in [3.63, 3.8) is 0 Å². The molecule has 2 fully saturated rings. The van der Waals surface area contributed by atoms with E-state index >= 15 is 0 Å². The highest BCUT2D eigenvalue weighted by atomic mass is 35.5. The van der Waals surface area contributed by atoms with Gasteiger partial charge in [-0.25, -0.2) is 4.79 Å². The SMILES string of the molecule is Cl.O=C1Nc2ccc(CN3CCOC3=O)cc2/C1=C/C1=CC(CN2CCCCC2)C=N1. The number of piperidine rings is 1. The molecule has 4 aliphatic heterocycles. The molecule has 1 atom stereocenters. The molecule has 0 spiro atoms. The number of hydrogen-bond donors (Lipinski definition) is 1. The van der Waals surface area contributed by atoms with E-state index in [1.807, 2.05) is 30.5 Å². The van der Waals surface area contributed by atoms with Crippen molar-refractivity contribution in [1.29, 1.82) is 0 Å². The molecule has 0 saturated carbocycles. The largest absolute Gasteiger partial charge is 0.448 e. The summed E-state index contributed by atoms with van der Waals surface area (Å²) < 4.78 is 5.00. The van der Waals surface area contributed by atoms with Crippen molar-refractivity contribution in [3.8, 4) is 0 Å². The van der Waals surface area contributed by atoms with Crippen molar-refractivity contribution in [2.24, 2.45) is 10.9 Å². The van der Waals surface area contributed by atoms with E-state index in [4.69, 9.17) is 4.74 Å². The molecule has 1 aromatic carbocycles. The van der Waals surface area contributed by atoms with Gasteiger partial charge in [-0.15, -0.1) is 12.4 Å². The molecule has 31 heavy (non-hydrogen) atoms. The van der Waals surface area contributed by atoms with Crippen LogP contribution in [0.5, 0.6) is 0 Å². The van der Waals surface area contributed by atoms with Crippen molar-refractivity contribution in [1.82, 2.24) is 9.80 Å². The van der Waals surface area contributed by atoms with E-state index in [1.165, 1.54) is 19.3 Å². The molecule has 164 valence electrons. The molecule has 0 aliphatic carbocycles. The molecule has 0 aromatic heterocycles. The number of allylic oxidation sites excluding steroid dienone is 1. The minimum absolute atomic E-state index is 0. The standard InChI is InChI=1S/C23H26N4O3.ClH/c28-22-20(12-18-10-17(13-24-18)14-26-6-2-1-3-7-26)19-11-16(4-5-21(19)25-22)15-27-8-9-30-23(27)29;/h4-5,10-13,17H,1-3,6-9,14-15H2,(H,25,28);1H/b20-12-;. The first-order valence-electron chi connectivity index (χ1n) is 10.7. The molecule has 8 heteroatoms. The fourth-order valence-electron chi connectivity index (χ4n) is 4.53. The average Bonchev–Trinajstić information content (AvgIpc) is 3.44. The zero-order chi connectivity index (χ0) is 20.5. The summed E-state index contributed by atoms with van der Waals surface area (Å²) in [7, 11) is 0. The number of hydrogen-bond acceptors (Lipinski definition) is 5. The van der Waals surface area contributed by atoms with Crippen LogP contribution in [-0.4, -0.2) is 60.8 Å². The van der Waals surface area contributed by atoms with Gasteiger partial charge in [-0.1, -0.05) is 12.5 Å². The number of ether oxygens (including phenoxy) is 1. The third kappa shape index (κ3) is 4.67. The maximum atomic E-state index is 12.6. The molecule has 7 nitrogen and oxygen atoms in total. The van der Waals surface area contributed by atoms with Crippen molar-refractivity contribution in [3.05, 3.63) is 47.2 Å². The Morgan fingerprint density at radius 1 is 1.16 bits per heavy atom. The van der Waals surface area contributed by atoms with Crippen molar-refractivity contribution in [2.45, 2.75) is 25.8 Å². The van der Waals surface area contributed by atoms with Crippen LogP contribution in [0, 0.1) is 5.92 Å². The predicted octanol–water partition coefficient (Wildman–Crippen LogP) is 3.47. The lowest BCUT2D eigenvalue weighted by molar-refractivity contribution is -0.110. The van der Waals surface area contributed by atoms with E-state index in [-0.39, 0.29) is 24.4 Å². The van der Waals surface area contributed by atoms with E-state index in [0.717, 1.165) is 42.1 Å². The zero-order valence-corrected chi connectivity index (χ0v) is 18.2. The second kappa shape index (κ2) is 9.24. The fraction of sp³-hybridized carbons (Fsp3) is 0.435. The number of aliphatic imine (C=N–C) groups is 1. The molecule has 2 saturated heterocycles. The molecule has 4 heterocycles. The monoisotopic (exact) mass is 442 g/mol. The Hall–Kier alpha value is -2.64. The number of rotatable bonds is 5. The summed E-state index contributed by atoms with van der Waals surface area (Å²) >= 11 is 0. The first-order valence-corrected chi connectivity index (χ1v) is 10.7. The van der Waals surface area contributed by atoms with Gasteiger partial charge in [0.2, 0.25) is 0 Å². The van der Waals surface area contributed by atoms with Crippen LogP contribution in [0.4, 0.5) is 10.5 Å². The van der Waals surface area contributed by atoms with Crippen LogP contribution in [0.25, 0.3) is 5.57 Å².